The summed E-state index contributed by atoms with van der Waals surface area (Å²) in [6.07, 6.45) is 1.81. The zero-order valence-electron chi connectivity index (χ0n) is 17.5. The molecule has 160 valence electrons. The average Bonchev–Trinajstić information content (AvgIpc) is 3.25. The van der Waals surface area contributed by atoms with Gasteiger partial charge in [-0.3, -0.25) is 4.99 Å². The Hall–Kier alpha value is -2.80. The molecule has 0 saturated carbocycles. The van der Waals surface area contributed by atoms with Crippen molar-refractivity contribution in [1.29, 1.82) is 0 Å². The Labute approximate surface area is 176 Å². The van der Waals surface area contributed by atoms with Crippen LogP contribution in [0.1, 0.15) is 29.5 Å². The average molecular weight is 413 g/mol. The van der Waals surface area contributed by atoms with Gasteiger partial charge in [0, 0.05) is 38.8 Å². The molecule has 6 nitrogen and oxygen atoms in total. The van der Waals surface area contributed by atoms with Crippen molar-refractivity contribution in [2.24, 2.45) is 4.99 Å². The van der Waals surface area contributed by atoms with E-state index in [9.17, 15) is 4.39 Å². The maximum Gasteiger partial charge on any atom is 0.231 e. The second-order valence-electron chi connectivity index (χ2n) is 7.82. The maximum atomic E-state index is 13.8. The van der Waals surface area contributed by atoms with E-state index in [1.165, 1.54) is 5.56 Å². The van der Waals surface area contributed by atoms with Crippen molar-refractivity contribution in [3.63, 3.8) is 0 Å². The van der Waals surface area contributed by atoms with Crippen molar-refractivity contribution in [3.05, 3.63) is 58.9 Å². The van der Waals surface area contributed by atoms with E-state index in [1.54, 1.807) is 26.1 Å². The molecule has 0 atom stereocenters. The molecule has 0 radical (unpaired) electrons. The molecule has 0 unspecified atom stereocenters. The van der Waals surface area contributed by atoms with E-state index in [2.05, 4.69) is 27.8 Å². The minimum absolute atomic E-state index is 0.0905. The number of rotatable bonds is 5. The van der Waals surface area contributed by atoms with Gasteiger partial charge in [-0.25, -0.2) is 4.39 Å². The molecule has 2 aromatic rings. The second-order valence-corrected chi connectivity index (χ2v) is 7.82. The summed E-state index contributed by atoms with van der Waals surface area (Å²) < 4.78 is 30.5. The number of fused-ring (bicyclic) bond motifs is 1. The molecule has 1 fully saturated rings. The molecular formula is C23H28FN3O3. The van der Waals surface area contributed by atoms with Crippen molar-refractivity contribution in [3.8, 4) is 11.5 Å². The van der Waals surface area contributed by atoms with Crippen molar-refractivity contribution in [2.45, 2.75) is 31.7 Å². The minimum atomic E-state index is -0.193. The van der Waals surface area contributed by atoms with Crippen LogP contribution in [0.3, 0.4) is 0 Å². The molecule has 2 aromatic carbocycles. The highest BCUT2D eigenvalue weighted by Gasteiger charge is 2.35. The molecule has 0 aliphatic carbocycles. The van der Waals surface area contributed by atoms with Gasteiger partial charge in [0.25, 0.3) is 0 Å². The molecule has 2 aliphatic heterocycles. The molecular weight excluding hydrogens is 385 g/mol. The summed E-state index contributed by atoms with van der Waals surface area (Å²) in [4.78, 5) is 4.33. The Kier molecular flexibility index (Phi) is 6.08. The van der Waals surface area contributed by atoms with Gasteiger partial charge in [-0.2, -0.15) is 0 Å². The van der Waals surface area contributed by atoms with E-state index in [4.69, 9.17) is 14.2 Å². The summed E-state index contributed by atoms with van der Waals surface area (Å²) in [5.41, 5.74) is 2.63. The monoisotopic (exact) mass is 413 g/mol. The Balaban J connectivity index is 1.44. The summed E-state index contributed by atoms with van der Waals surface area (Å²) in [6.45, 7) is 4.66. The molecule has 2 aliphatic rings. The van der Waals surface area contributed by atoms with E-state index in [0.29, 0.717) is 37.8 Å². The van der Waals surface area contributed by atoms with Gasteiger partial charge in [-0.05, 0) is 54.7 Å². The quantitative estimate of drug-likeness (QED) is 0.582. The molecule has 0 amide bonds. The third kappa shape index (κ3) is 4.36. The largest absolute Gasteiger partial charge is 0.454 e. The lowest BCUT2D eigenvalue weighted by molar-refractivity contribution is 0.0513. The van der Waals surface area contributed by atoms with Crippen LogP contribution in [0.25, 0.3) is 0 Å². The van der Waals surface area contributed by atoms with Crippen LogP contribution in [0.15, 0.2) is 41.4 Å². The predicted octanol–water partition coefficient (Wildman–Crippen LogP) is 3.28. The number of guanidine groups is 1. The molecule has 1 saturated heterocycles. The Morgan fingerprint density at radius 1 is 1.07 bits per heavy atom. The number of nitrogens with zero attached hydrogens (tertiary/aromatic N) is 1. The number of nitrogens with one attached hydrogen (secondary N) is 2. The van der Waals surface area contributed by atoms with Crippen molar-refractivity contribution in [2.75, 3.05) is 33.6 Å². The van der Waals surface area contributed by atoms with Gasteiger partial charge < -0.3 is 24.8 Å². The lowest BCUT2D eigenvalue weighted by Crippen LogP contribution is -2.47. The SMILES string of the molecule is CN=C(NCc1ccc(C)c(F)c1)NCC1(c2ccc3c(c2)OCO3)CCOCC1. The third-order valence-corrected chi connectivity index (χ3v) is 5.95. The number of aryl methyl sites for hydroxylation is 1. The number of hydrogen-bond donors (Lipinski definition) is 2. The lowest BCUT2D eigenvalue weighted by atomic mass is 9.74. The Bertz CT molecular complexity index is 926. The van der Waals surface area contributed by atoms with Crippen LogP contribution in [0.4, 0.5) is 4.39 Å². The van der Waals surface area contributed by atoms with Gasteiger partial charge in [0.15, 0.2) is 17.5 Å². The highest BCUT2D eigenvalue weighted by atomic mass is 19.1. The first-order chi connectivity index (χ1) is 14.6. The Morgan fingerprint density at radius 3 is 2.63 bits per heavy atom. The zero-order valence-corrected chi connectivity index (χ0v) is 17.5. The fourth-order valence-corrected chi connectivity index (χ4v) is 3.96. The van der Waals surface area contributed by atoms with E-state index in [0.717, 1.165) is 29.9 Å². The molecule has 0 aromatic heterocycles. The zero-order chi connectivity index (χ0) is 21.0. The van der Waals surface area contributed by atoms with Crippen LogP contribution < -0.4 is 20.1 Å². The molecule has 2 heterocycles. The normalized spacial score (nSPS) is 17.6. The number of halogens is 1. The summed E-state index contributed by atoms with van der Waals surface area (Å²) in [5, 5.41) is 6.74. The van der Waals surface area contributed by atoms with Gasteiger partial charge in [-0.15, -0.1) is 0 Å². The van der Waals surface area contributed by atoms with Crippen molar-refractivity contribution in [1.82, 2.24) is 10.6 Å². The highest BCUT2D eigenvalue weighted by molar-refractivity contribution is 5.79. The summed E-state index contributed by atoms with van der Waals surface area (Å²) in [5.74, 6) is 2.07. The number of aliphatic imine (C=N–C) groups is 1. The summed E-state index contributed by atoms with van der Waals surface area (Å²) >= 11 is 0. The van der Waals surface area contributed by atoms with Crippen molar-refractivity contribution < 1.29 is 18.6 Å². The van der Waals surface area contributed by atoms with Gasteiger partial charge in [-0.1, -0.05) is 18.2 Å². The number of hydrogen-bond acceptors (Lipinski definition) is 4. The molecule has 0 spiro atoms. The van der Waals surface area contributed by atoms with Crippen LogP contribution in [0.2, 0.25) is 0 Å². The topological polar surface area (TPSA) is 64.1 Å². The number of benzene rings is 2. The highest BCUT2D eigenvalue weighted by Crippen LogP contribution is 2.40. The van der Waals surface area contributed by atoms with Crippen LogP contribution in [-0.2, 0) is 16.7 Å². The fraction of sp³-hybridized carbons (Fsp3) is 0.435. The van der Waals surface area contributed by atoms with E-state index < -0.39 is 0 Å². The summed E-state index contributed by atoms with van der Waals surface area (Å²) in [7, 11) is 1.74. The van der Waals surface area contributed by atoms with E-state index in [-0.39, 0.29) is 18.0 Å². The van der Waals surface area contributed by atoms with E-state index >= 15 is 0 Å². The van der Waals surface area contributed by atoms with E-state index in [1.807, 2.05) is 12.1 Å². The predicted molar refractivity (Wildman–Crippen MR) is 114 cm³/mol. The molecule has 30 heavy (non-hydrogen) atoms. The first-order valence-electron chi connectivity index (χ1n) is 10.3. The van der Waals surface area contributed by atoms with Crippen molar-refractivity contribution >= 4 is 5.96 Å². The standard InChI is InChI=1S/C23H28FN3O3/c1-16-3-4-17(11-19(16)24)13-26-22(25-2)27-14-23(7-9-28-10-8-23)18-5-6-20-21(12-18)30-15-29-20/h3-6,11-12H,7-10,13-15H2,1-2H3,(H2,25,26,27). The first kappa shape index (κ1) is 20.5. The first-order valence-corrected chi connectivity index (χ1v) is 10.3. The smallest absolute Gasteiger partial charge is 0.231 e. The number of ether oxygens (including phenoxy) is 3. The molecule has 0 bridgehead atoms. The van der Waals surface area contributed by atoms with Crippen LogP contribution in [0.5, 0.6) is 11.5 Å². The van der Waals surface area contributed by atoms with Crippen LogP contribution >= 0.6 is 0 Å². The van der Waals surface area contributed by atoms with Crippen LogP contribution in [0, 0.1) is 12.7 Å². The van der Waals surface area contributed by atoms with Gasteiger partial charge in [0.1, 0.15) is 5.82 Å². The van der Waals surface area contributed by atoms with Crippen LogP contribution in [-0.4, -0.2) is 39.6 Å². The van der Waals surface area contributed by atoms with Gasteiger partial charge in [0.05, 0.1) is 0 Å². The minimum Gasteiger partial charge on any atom is -0.454 e. The molecule has 2 N–H and O–H groups in total. The fourth-order valence-electron chi connectivity index (χ4n) is 3.96. The summed E-state index contributed by atoms with van der Waals surface area (Å²) in [6, 6.07) is 11.5. The van der Waals surface area contributed by atoms with Gasteiger partial charge >= 0.3 is 0 Å². The molecule has 4 rings (SSSR count). The molecule has 7 heteroatoms. The Morgan fingerprint density at radius 2 is 1.87 bits per heavy atom. The third-order valence-electron chi connectivity index (χ3n) is 5.95. The lowest BCUT2D eigenvalue weighted by Gasteiger charge is -2.38. The second kappa shape index (κ2) is 8.92. The maximum absolute atomic E-state index is 13.8. The van der Waals surface area contributed by atoms with Gasteiger partial charge in [0.2, 0.25) is 6.79 Å².